The van der Waals surface area contributed by atoms with Gasteiger partial charge in [0.15, 0.2) is 11.5 Å². The molecule has 2 N–H and O–H groups in total. The van der Waals surface area contributed by atoms with Crippen molar-refractivity contribution in [2.24, 2.45) is 0 Å². The molecule has 1 unspecified atom stereocenters. The summed E-state index contributed by atoms with van der Waals surface area (Å²) in [6, 6.07) is 8.58. The fraction of sp³-hybridized carbons (Fsp3) is 0.176. The zero-order chi connectivity index (χ0) is 16.6. The monoisotopic (exact) mass is 313 g/mol. The number of benzene rings is 1. The first-order valence-corrected chi connectivity index (χ1v) is 7.17. The first kappa shape index (κ1) is 14.9. The molecule has 3 rings (SSSR count). The molecule has 0 radical (unpaired) electrons. The predicted octanol–water partition coefficient (Wildman–Crippen LogP) is 2.86. The van der Waals surface area contributed by atoms with Gasteiger partial charge in [0.2, 0.25) is 0 Å². The highest BCUT2D eigenvalue weighted by Gasteiger charge is 2.45. The van der Waals surface area contributed by atoms with Gasteiger partial charge in [-0.15, -0.1) is 0 Å². The number of hydrogen-bond acceptors (Lipinski definition) is 5. The number of hydrogen-bond donors (Lipinski definition) is 2. The lowest BCUT2D eigenvalue weighted by atomic mass is 9.99. The molecule has 2 aromatic rings. The van der Waals surface area contributed by atoms with Crippen LogP contribution in [0.2, 0.25) is 0 Å². The normalized spacial score (nSPS) is 17.9. The fourth-order valence-corrected chi connectivity index (χ4v) is 2.71. The second kappa shape index (κ2) is 5.64. The molecule has 1 aromatic carbocycles. The van der Waals surface area contributed by atoms with Crippen LogP contribution in [-0.4, -0.2) is 21.9 Å². The number of furan rings is 1. The summed E-state index contributed by atoms with van der Waals surface area (Å²) in [5.74, 6) is -1.50. The molecule has 6 nitrogen and oxygen atoms in total. The van der Waals surface area contributed by atoms with Crippen LogP contribution < -0.4 is 4.90 Å². The number of anilines is 1. The van der Waals surface area contributed by atoms with Crippen LogP contribution in [0.1, 0.15) is 25.1 Å². The molecule has 1 aromatic heterocycles. The number of Topliss-reactive ketones (excluding diaryl/α,β-unsaturated/α-hetero) is 1. The number of aromatic hydroxyl groups is 1. The number of phenols is 1. The Hall–Kier alpha value is -3.02. The van der Waals surface area contributed by atoms with Crippen LogP contribution in [-0.2, 0) is 9.59 Å². The van der Waals surface area contributed by atoms with Crippen molar-refractivity contribution in [2.45, 2.75) is 19.4 Å². The molecule has 2 heterocycles. The molecule has 0 spiro atoms. The third-order valence-corrected chi connectivity index (χ3v) is 3.78. The minimum atomic E-state index is -0.904. The van der Waals surface area contributed by atoms with Crippen LogP contribution in [0.15, 0.2) is 58.4 Å². The van der Waals surface area contributed by atoms with E-state index < -0.39 is 17.7 Å². The van der Waals surface area contributed by atoms with E-state index in [1.54, 1.807) is 31.2 Å². The number of para-hydroxylation sites is 2. The van der Waals surface area contributed by atoms with Crippen molar-refractivity contribution >= 4 is 17.4 Å². The Labute approximate surface area is 132 Å². The Morgan fingerprint density at radius 3 is 2.57 bits per heavy atom. The molecule has 118 valence electrons. The van der Waals surface area contributed by atoms with E-state index in [4.69, 9.17) is 4.42 Å². The largest absolute Gasteiger partial charge is 0.506 e. The maximum Gasteiger partial charge on any atom is 0.294 e. The summed E-state index contributed by atoms with van der Waals surface area (Å²) in [6.45, 7) is 1.65. The van der Waals surface area contributed by atoms with Gasteiger partial charge in [0.1, 0.15) is 17.6 Å². The van der Waals surface area contributed by atoms with Gasteiger partial charge in [-0.05, 0) is 24.3 Å². The van der Waals surface area contributed by atoms with E-state index in [1.807, 2.05) is 0 Å². The van der Waals surface area contributed by atoms with E-state index in [0.29, 0.717) is 5.76 Å². The van der Waals surface area contributed by atoms with Gasteiger partial charge in [0.05, 0.1) is 17.5 Å². The highest BCUT2D eigenvalue weighted by atomic mass is 16.3. The van der Waals surface area contributed by atoms with Crippen LogP contribution in [0.25, 0.3) is 0 Å². The minimum absolute atomic E-state index is 0.0179. The minimum Gasteiger partial charge on any atom is -0.506 e. The lowest BCUT2D eigenvalue weighted by molar-refractivity contribution is -0.118. The molecule has 0 fully saturated rings. The molecule has 0 saturated carbocycles. The van der Waals surface area contributed by atoms with Gasteiger partial charge in [-0.3, -0.25) is 14.5 Å². The van der Waals surface area contributed by atoms with Crippen molar-refractivity contribution < 1.29 is 24.2 Å². The zero-order valence-electron chi connectivity index (χ0n) is 12.4. The average Bonchev–Trinajstić information content (AvgIpc) is 3.16. The molecular weight excluding hydrogens is 298 g/mol. The molecule has 0 aliphatic carbocycles. The lowest BCUT2D eigenvalue weighted by Crippen LogP contribution is -2.30. The van der Waals surface area contributed by atoms with Gasteiger partial charge < -0.3 is 14.6 Å². The highest BCUT2D eigenvalue weighted by Crippen LogP contribution is 2.43. The van der Waals surface area contributed by atoms with Crippen molar-refractivity contribution in [3.63, 3.8) is 0 Å². The maximum absolute atomic E-state index is 12.5. The summed E-state index contributed by atoms with van der Waals surface area (Å²) in [4.78, 5) is 25.9. The van der Waals surface area contributed by atoms with Crippen molar-refractivity contribution in [2.75, 3.05) is 4.90 Å². The van der Waals surface area contributed by atoms with Crippen molar-refractivity contribution in [1.82, 2.24) is 0 Å². The van der Waals surface area contributed by atoms with E-state index in [-0.39, 0.29) is 29.2 Å². The van der Waals surface area contributed by atoms with Gasteiger partial charge in [0, 0.05) is 6.42 Å². The number of phenolic OH excluding ortho intramolecular Hbond substituents is 1. The Bertz CT molecular complexity index is 791. The summed E-state index contributed by atoms with van der Waals surface area (Å²) >= 11 is 0. The molecule has 23 heavy (non-hydrogen) atoms. The maximum atomic E-state index is 12.5. The lowest BCUT2D eigenvalue weighted by Gasteiger charge is -2.25. The number of aliphatic hydroxyl groups is 1. The SMILES string of the molecule is CCC(=O)C1=C(O)C(=O)N(c2ccccc2O)C1c1ccco1. The zero-order valence-corrected chi connectivity index (χ0v) is 12.4. The Kier molecular flexibility index (Phi) is 3.65. The van der Waals surface area contributed by atoms with Crippen molar-refractivity contribution in [3.8, 4) is 5.75 Å². The van der Waals surface area contributed by atoms with Gasteiger partial charge in [-0.25, -0.2) is 0 Å². The van der Waals surface area contributed by atoms with Gasteiger partial charge >= 0.3 is 0 Å². The molecule has 6 heteroatoms. The van der Waals surface area contributed by atoms with Crippen LogP contribution in [0.3, 0.4) is 0 Å². The number of rotatable bonds is 4. The predicted molar refractivity (Wildman–Crippen MR) is 82.0 cm³/mol. The first-order chi connectivity index (χ1) is 11.1. The number of ketones is 1. The first-order valence-electron chi connectivity index (χ1n) is 7.17. The number of carbonyl (C=O) groups is 2. The smallest absolute Gasteiger partial charge is 0.294 e. The number of nitrogens with zero attached hydrogens (tertiary/aromatic N) is 1. The Morgan fingerprint density at radius 1 is 1.22 bits per heavy atom. The Morgan fingerprint density at radius 2 is 1.96 bits per heavy atom. The summed E-state index contributed by atoms with van der Waals surface area (Å²) in [6.07, 6.45) is 1.56. The topological polar surface area (TPSA) is 91.0 Å². The van der Waals surface area contributed by atoms with E-state index in [0.717, 1.165) is 0 Å². The fourth-order valence-electron chi connectivity index (χ4n) is 2.71. The van der Waals surface area contributed by atoms with Crippen LogP contribution >= 0.6 is 0 Å². The molecule has 1 atom stereocenters. The van der Waals surface area contributed by atoms with E-state index in [1.165, 1.54) is 23.3 Å². The van der Waals surface area contributed by atoms with E-state index in [9.17, 15) is 19.8 Å². The standard InChI is InChI=1S/C17H15NO5/c1-2-11(19)14-15(13-8-5-9-23-13)18(17(22)16(14)21)10-6-3-4-7-12(10)20/h3-9,15,20-21H,2H2,1H3. The van der Waals surface area contributed by atoms with Gasteiger partial charge in [-0.1, -0.05) is 19.1 Å². The van der Waals surface area contributed by atoms with E-state index >= 15 is 0 Å². The van der Waals surface area contributed by atoms with E-state index in [2.05, 4.69) is 0 Å². The Balaban J connectivity index is 2.19. The number of amides is 1. The molecule has 0 bridgehead atoms. The molecule has 1 amide bonds. The summed E-state index contributed by atoms with van der Waals surface area (Å²) < 4.78 is 5.36. The third-order valence-electron chi connectivity index (χ3n) is 3.78. The van der Waals surface area contributed by atoms with Crippen molar-refractivity contribution in [1.29, 1.82) is 0 Å². The second-order valence-electron chi connectivity index (χ2n) is 5.12. The average molecular weight is 313 g/mol. The molecule has 1 aliphatic heterocycles. The van der Waals surface area contributed by atoms with Crippen LogP contribution in [0.5, 0.6) is 5.75 Å². The quantitative estimate of drug-likeness (QED) is 0.905. The second-order valence-corrected chi connectivity index (χ2v) is 5.12. The number of aliphatic hydroxyl groups excluding tert-OH is 1. The highest BCUT2D eigenvalue weighted by molar-refractivity contribution is 6.16. The van der Waals surface area contributed by atoms with Crippen LogP contribution in [0, 0.1) is 0 Å². The van der Waals surface area contributed by atoms with Crippen LogP contribution in [0.4, 0.5) is 5.69 Å². The molecular formula is C17H15NO5. The summed E-state index contributed by atoms with van der Waals surface area (Å²) in [7, 11) is 0. The van der Waals surface area contributed by atoms with Gasteiger partial charge in [0.25, 0.3) is 5.91 Å². The van der Waals surface area contributed by atoms with Crippen molar-refractivity contribution in [3.05, 3.63) is 59.8 Å². The summed E-state index contributed by atoms with van der Waals surface area (Å²) in [5, 5.41) is 20.3. The third kappa shape index (κ3) is 2.28. The molecule has 0 saturated heterocycles. The molecule has 1 aliphatic rings. The summed E-state index contributed by atoms with van der Waals surface area (Å²) in [5.41, 5.74) is 0.181. The number of carbonyl (C=O) groups excluding carboxylic acids is 2. The van der Waals surface area contributed by atoms with Gasteiger partial charge in [-0.2, -0.15) is 0 Å².